The normalized spacial score (nSPS) is 15.4. The van der Waals surface area contributed by atoms with Crippen LogP contribution in [-0.4, -0.2) is 64.8 Å². The first kappa shape index (κ1) is 34.0. The summed E-state index contributed by atoms with van der Waals surface area (Å²) in [7, 11) is -3.50. The third-order valence-corrected chi connectivity index (χ3v) is 9.52. The predicted molar refractivity (Wildman–Crippen MR) is 181 cm³/mol. The number of sulfone groups is 1. The number of pyridine rings is 1. The quantitative estimate of drug-likeness (QED) is 0.184. The Kier molecular flexibility index (Phi) is 10.3. The Labute approximate surface area is 275 Å². The smallest absolute Gasteiger partial charge is 0.410 e. The summed E-state index contributed by atoms with van der Waals surface area (Å²) >= 11 is 0. The van der Waals surface area contributed by atoms with E-state index in [1.807, 2.05) is 40.7 Å². The molecule has 2 aromatic heterocycles. The van der Waals surface area contributed by atoms with Crippen LogP contribution in [-0.2, 0) is 20.3 Å². The topological polar surface area (TPSA) is 124 Å². The van der Waals surface area contributed by atoms with Crippen LogP contribution in [0, 0.1) is 12.7 Å². The molecule has 1 fully saturated rings. The maximum Gasteiger partial charge on any atom is 0.410 e. The number of piperidine rings is 1. The number of benzene rings is 2. The van der Waals surface area contributed by atoms with Gasteiger partial charge >= 0.3 is 6.09 Å². The molecule has 12 heteroatoms. The predicted octanol–water partition coefficient (Wildman–Crippen LogP) is 7.46. The summed E-state index contributed by atoms with van der Waals surface area (Å²) in [6, 6.07) is 11.7. The fourth-order valence-electron chi connectivity index (χ4n) is 5.57. The van der Waals surface area contributed by atoms with Gasteiger partial charge in [-0.05, 0) is 88.2 Å². The fraction of sp³-hybridized carbons (Fsp3) is 0.429. The van der Waals surface area contributed by atoms with E-state index < -0.39 is 21.3 Å². The minimum absolute atomic E-state index is 0.00433. The fourth-order valence-corrected chi connectivity index (χ4v) is 7.18. The van der Waals surface area contributed by atoms with Crippen LogP contribution < -0.4 is 10.1 Å². The molecule has 1 aliphatic rings. The molecule has 5 rings (SSSR count). The molecule has 1 amide bonds. The maximum atomic E-state index is 15.1. The Morgan fingerprint density at radius 2 is 1.87 bits per heavy atom. The first-order valence-electron chi connectivity index (χ1n) is 16.0. The number of amides is 1. The highest BCUT2D eigenvalue weighted by atomic mass is 32.2. The number of anilines is 1. The molecule has 2 aromatic carbocycles. The number of nitrogens with zero attached hydrogens (tertiary/aromatic N) is 4. The van der Waals surface area contributed by atoms with Crippen molar-refractivity contribution in [2.24, 2.45) is 0 Å². The van der Waals surface area contributed by atoms with Crippen molar-refractivity contribution in [2.45, 2.75) is 77.7 Å². The van der Waals surface area contributed by atoms with Gasteiger partial charge in [0, 0.05) is 42.5 Å². The van der Waals surface area contributed by atoms with E-state index in [2.05, 4.69) is 15.3 Å². The van der Waals surface area contributed by atoms with E-state index in [-0.39, 0.29) is 35.1 Å². The Hall–Kier alpha value is -4.32. The van der Waals surface area contributed by atoms with Crippen molar-refractivity contribution in [3.8, 4) is 22.9 Å². The van der Waals surface area contributed by atoms with E-state index >= 15 is 4.39 Å². The van der Waals surface area contributed by atoms with Crippen LogP contribution in [0.5, 0.6) is 11.6 Å². The van der Waals surface area contributed by atoms with E-state index in [9.17, 15) is 13.2 Å². The molecule has 47 heavy (non-hydrogen) atoms. The summed E-state index contributed by atoms with van der Waals surface area (Å²) in [5.41, 5.74) is 1.51. The first-order valence-corrected chi connectivity index (χ1v) is 17.8. The van der Waals surface area contributed by atoms with E-state index in [0.717, 1.165) is 24.8 Å². The number of carbonyl (C=O) groups excluding carboxylic acids is 1. The van der Waals surface area contributed by atoms with Crippen molar-refractivity contribution in [2.75, 3.05) is 24.2 Å². The van der Waals surface area contributed by atoms with Gasteiger partial charge < -0.3 is 19.7 Å². The van der Waals surface area contributed by atoms with Gasteiger partial charge in [0.1, 0.15) is 17.2 Å². The molecule has 0 saturated carbocycles. The average molecular weight is 664 g/mol. The number of carbonyl (C=O) groups is 1. The lowest BCUT2D eigenvalue weighted by molar-refractivity contribution is 0.0206. The zero-order valence-corrected chi connectivity index (χ0v) is 28.4. The van der Waals surface area contributed by atoms with Gasteiger partial charge in [-0.25, -0.2) is 32.6 Å². The molecule has 10 nitrogen and oxygen atoms in total. The molecule has 0 aliphatic carbocycles. The van der Waals surface area contributed by atoms with Gasteiger partial charge in [-0.1, -0.05) is 25.5 Å². The molecule has 0 unspecified atom stereocenters. The van der Waals surface area contributed by atoms with E-state index in [1.54, 1.807) is 47.6 Å². The number of likely N-dealkylation sites (tertiary alicyclic amines) is 1. The van der Waals surface area contributed by atoms with Crippen molar-refractivity contribution in [1.29, 1.82) is 0 Å². The van der Waals surface area contributed by atoms with Crippen LogP contribution in [0.4, 0.5) is 15.1 Å². The second-order valence-corrected chi connectivity index (χ2v) is 15.1. The van der Waals surface area contributed by atoms with E-state index in [0.29, 0.717) is 53.2 Å². The number of nitrogens with one attached hydrogen (secondary N) is 1. The molecule has 1 N–H and O–H groups in total. The molecule has 0 spiro atoms. The summed E-state index contributed by atoms with van der Waals surface area (Å²) in [5.74, 6) is 0.179. The molecule has 1 aliphatic heterocycles. The molecule has 0 radical (unpaired) electrons. The van der Waals surface area contributed by atoms with Crippen LogP contribution >= 0.6 is 0 Å². The summed E-state index contributed by atoms with van der Waals surface area (Å²) in [5, 5.41) is 4.43. The highest BCUT2D eigenvalue weighted by Crippen LogP contribution is 2.38. The monoisotopic (exact) mass is 663 g/mol. The minimum atomic E-state index is -3.50. The van der Waals surface area contributed by atoms with Gasteiger partial charge in [0.2, 0.25) is 11.8 Å². The van der Waals surface area contributed by atoms with Crippen molar-refractivity contribution < 1.29 is 27.1 Å². The standard InChI is InChI=1S/C35H42FN5O5S/c1-6-7-20-47(43,44)22-28-25-13-12-23(2)31(26(25)14-15-29(28)36)45-32-27(11-8-17-37-32)30-16-18-38-33(40-30)39-24-10-9-19-41(21-24)34(42)46-35(3,4)5/h8,11-18,24H,6-7,9-10,19-22H2,1-5H3,(H,38,39,40)/t24-/m0/s1. The van der Waals surface area contributed by atoms with Gasteiger partial charge in [0.05, 0.1) is 22.8 Å². The average Bonchev–Trinajstić information content (AvgIpc) is 3.02. The third kappa shape index (κ3) is 8.54. The van der Waals surface area contributed by atoms with Gasteiger partial charge in [0.25, 0.3) is 0 Å². The van der Waals surface area contributed by atoms with E-state index in [1.165, 1.54) is 6.07 Å². The number of aryl methyl sites for hydroxylation is 1. The molecule has 1 atom stereocenters. The number of halogens is 1. The van der Waals surface area contributed by atoms with Crippen LogP contribution in [0.15, 0.2) is 54.9 Å². The van der Waals surface area contributed by atoms with Crippen molar-refractivity contribution in [1.82, 2.24) is 19.9 Å². The van der Waals surface area contributed by atoms with Gasteiger partial charge in [-0.15, -0.1) is 0 Å². The minimum Gasteiger partial charge on any atom is -0.444 e. The molecular weight excluding hydrogens is 621 g/mol. The lowest BCUT2D eigenvalue weighted by atomic mass is 10.0. The highest BCUT2D eigenvalue weighted by molar-refractivity contribution is 7.90. The molecule has 1 saturated heterocycles. The summed E-state index contributed by atoms with van der Waals surface area (Å²) in [4.78, 5) is 28.0. The second kappa shape index (κ2) is 14.2. The number of unbranched alkanes of at least 4 members (excludes halogenated alkanes) is 1. The van der Waals surface area contributed by atoms with Gasteiger partial charge in [-0.2, -0.15) is 0 Å². The van der Waals surface area contributed by atoms with Crippen LogP contribution in [0.25, 0.3) is 22.0 Å². The van der Waals surface area contributed by atoms with Crippen LogP contribution in [0.1, 0.15) is 64.5 Å². The molecule has 250 valence electrons. The highest BCUT2D eigenvalue weighted by Gasteiger charge is 2.28. The van der Waals surface area contributed by atoms with Crippen LogP contribution in [0.2, 0.25) is 0 Å². The number of ether oxygens (including phenoxy) is 2. The summed E-state index contributed by atoms with van der Waals surface area (Å²) in [6.07, 6.45) is 5.83. The molecule has 0 bridgehead atoms. The molecular formula is C35H42FN5O5S. The SMILES string of the molecule is CCCCS(=O)(=O)Cc1c(F)ccc2c(Oc3ncccc3-c3ccnc(N[C@H]4CCCN(C(=O)OC(C)(C)C)C4)n3)c(C)ccc12. The van der Waals surface area contributed by atoms with Gasteiger partial charge in [0.15, 0.2) is 9.84 Å². The Balaban J connectivity index is 1.41. The first-order chi connectivity index (χ1) is 22.3. The van der Waals surface area contributed by atoms with Gasteiger partial charge in [-0.3, -0.25) is 0 Å². The Bertz CT molecular complexity index is 1860. The Morgan fingerprint density at radius 3 is 2.64 bits per heavy atom. The third-order valence-electron chi connectivity index (χ3n) is 7.88. The molecule has 4 aromatic rings. The van der Waals surface area contributed by atoms with E-state index in [4.69, 9.17) is 14.5 Å². The largest absolute Gasteiger partial charge is 0.444 e. The van der Waals surface area contributed by atoms with Crippen molar-refractivity contribution in [3.63, 3.8) is 0 Å². The number of hydrogen-bond donors (Lipinski definition) is 1. The lowest BCUT2D eigenvalue weighted by Crippen LogP contribution is -2.47. The number of fused-ring (bicyclic) bond motifs is 1. The summed E-state index contributed by atoms with van der Waals surface area (Å²) < 4.78 is 52.7. The lowest BCUT2D eigenvalue weighted by Gasteiger charge is -2.34. The van der Waals surface area contributed by atoms with Crippen molar-refractivity contribution in [3.05, 3.63) is 71.8 Å². The van der Waals surface area contributed by atoms with Crippen molar-refractivity contribution >= 4 is 32.7 Å². The Morgan fingerprint density at radius 1 is 1.09 bits per heavy atom. The number of hydrogen-bond acceptors (Lipinski definition) is 9. The molecule has 3 heterocycles. The zero-order chi connectivity index (χ0) is 33.8. The van der Waals surface area contributed by atoms with Crippen LogP contribution in [0.3, 0.4) is 0 Å². The second-order valence-electron chi connectivity index (χ2n) is 12.9. The maximum absolute atomic E-state index is 15.1. The number of aromatic nitrogens is 3. The zero-order valence-electron chi connectivity index (χ0n) is 27.5. The summed E-state index contributed by atoms with van der Waals surface area (Å²) in [6.45, 7) is 10.4. The number of rotatable bonds is 10.